The van der Waals surface area contributed by atoms with Crippen molar-refractivity contribution in [1.29, 1.82) is 0 Å². The number of pyridine rings is 1. The van der Waals surface area contributed by atoms with Crippen LogP contribution in [-0.4, -0.2) is 4.98 Å². The lowest BCUT2D eigenvalue weighted by molar-refractivity contribution is 0.536. The number of nitrogens with two attached hydrogens (primary N) is 2. The molecule has 1 unspecified atom stereocenters. The number of furan rings is 1. The summed E-state index contributed by atoms with van der Waals surface area (Å²) < 4.78 is 5.56. The van der Waals surface area contributed by atoms with E-state index in [1.165, 1.54) is 0 Å². The average Bonchev–Trinajstić information content (AvgIpc) is 2.89. The van der Waals surface area contributed by atoms with E-state index in [9.17, 15) is 0 Å². The minimum atomic E-state index is -0.0413. The molecule has 0 saturated carbocycles. The Hall–Kier alpha value is -2.37. The van der Waals surface area contributed by atoms with Crippen LogP contribution in [0, 0.1) is 0 Å². The number of hydrazine groups is 1. The van der Waals surface area contributed by atoms with Crippen LogP contribution in [0.3, 0.4) is 0 Å². The summed E-state index contributed by atoms with van der Waals surface area (Å²) in [6.07, 6.45) is 4.16. The molecule has 3 aromatic rings. The van der Waals surface area contributed by atoms with Crippen LogP contribution in [0.5, 0.6) is 0 Å². The molecule has 5 N–H and O–H groups in total. The number of nitrogens with zero attached hydrogens (tertiary/aromatic N) is 1. The van der Waals surface area contributed by atoms with Crippen molar-refractivity contribution in [2.75, 3.05) is 5.73 Å². The summed E-state index contributed by atoms with van der Waals surface area (Å²) in [5.41, 5.74) is 11.5. The highest BCUT2D eigenvalue weighted by Gasteiger charge is 2.16. The SMILES string of the molecule is NNC(Cc1ccnc(N)c1)c1coc2ccccc12. The molecule has 0 radical (unpaired) electrons. The first-order valence-electron chi connectivity index (χ1n) is 6.40. The first kappa shape index (κ1) is 12.7. The highest BCUT2D eigenvalue weighted by molar-refractivity contribution is 5.81. The third-order valence-electron chi connectivity index (χ3n) is 3.37. The van der Waals surface area contributed by atoms with Crippen LogP contribution in [0.1, 0.15) is 17.2 Å². The molecule has 0 aliphatic rings. The molecule has 0 saturated heterocycles. The molecule has 0 bridgehead atoms. The zero-order chi connectivity index (χ0) is 13.9. The monoisotopic (exact) mass is 268 g/mol. The van der Waals surface area contributed by atoms with Gasteiger partial charge in [-0.15, -0.1) is 0 Å². The van der Waals surface area contributed by atoms with Crippen LogP contribution in [0.15, 0.2) is 53.3 Å². The van der Waals surface area contributed by atoms with Crippen LogP contribution < -0.4 is 17.0 Å². The molecule has 102 valence electrons. The van der Waals surface area contributed by atoms with Gasteiger partial charge in [0.05, 0.1) is 12.3 Å². The van der Waals surface area contributed by atoms with E-state index in [-0.39, 0.29) is 6.04 Å². The minimum absolute atomic E-state index is 0.0413. The smallest absolute Gasteiger partial charge is 0.134 e. The van der Waals surface area contributed by atoms with Gasteiger partial charge in [-0.1, -0.05) is 18.2 Å². The summed E-state index contributed by atoms with van der Waals surface area (Å²) in [5, 5.41) is 1.07. The van der Waals surface area contributed by atoms with Crippen molar-refractivity contribution in [1.82, 2.24) is 10.4 Å². The Morgan fingerprint density at radius 1 is 1.25 bits per heavy atom. The van der Waals surface area contributed by atoms with Gasteiger partial charge in [0.1, 0.15) is 11.4 Å². The van der Waals surface area contributed by atoms with Crippen LogP contribution in [0.2, 0.25) is 0 Å². The Labute approximate surface area is 116 Å². The third kappa shape index (κ3) is 2.36. The minimum Gasteiger partial charge on any atom is -0.464 e. The number of anilines is 1. The lowest BCUT2D eigenvalue weighted by Gasteiger charge is -2.15. The molecule has 20 heavy (non-hydrogen) atoms. The second-order valence-corrected chi connectivity index (χ2v) is 4.70. The number of rotatable bonds is 4. The Kier molecular flexibility index (Phi) is 3.37. The van der Waals surface area contributed by atoms with Gasteiger partial charge in [-0.05, 0) is 30.2 Å². The zero-order valence-corrected chi connectivity index (χ0v) is 10.9. The van der Waals surface area contributed by atoms with Crippen molar-refractivity contribution in [3.05, 3.63) is 60.0 Å². The van der Waals surface area contributed by atoms with Gasteiger partial charge in [-0.2, -0.15) is 0 Å². The van der Waals surface area contributed by atoms with Gasteiger partial charge < -0.3 is 10.2 Å². The normalized spacial score (nSPS) is 12.7. The molecular formula is C15H16N4O. The summed E-state index contributed by atoms with van der Waals surface area (Å²) in [5.74, 6) is 6.21. The first-order chi connectivity index (χ1) is 9.78. The highest BCUT2D eigenvalue weighted by atomic mass is 16.3. The number of nitrogen functional groups attached to an aromatic ring is 1. The number of hydrogen-bond acceptors (Lipinski definition) is 5. The van der Waals surface area contributed by atoms with E-state index >= 15 is 0 Å². The summed E-state index contributed by atoms with van der Waals surface area (Å²) in [6, 6.07) is 11.6. The fraction of sp³-hybridized carbons (Fsp3) is 0.133. The fourth-order valence-corrected chi connectivity index (χ4v) is 2.38. The van der Waals surface area contributed by atoms with Gasteiger partial charge in [-0.3, -0.25) is 11.3 Å². The second kappa shape index (κ2) is 5.32. The van der Waals surface area contributed by atoms with Gasteiger partial charge in [0.2, 0.25) is 0 Å². The Bertz CT molecular complexity index is 722. The van der Waals surface area contributed by atoms with E-state index in [4.69, 9.17) is 16.0 Å². The molecule has 1 atom stereocenters. The molecule has 0 spiro atoms. The van der Waals surface area contributed by atoms with E-state index in [2.05, 4.69) is 10.4 Å². The Morgan fingerprint density at radius 3 is 2.90 bits per heavy atom. The molecule has 1 aromatic carbocycles. The molecule has 5 nitrogen and oxygen atoms in total. The summed E-state index contributed by atoms with van der Waals surface area (Å²) in [4.78, 5) is 3.99. The quantitative estimate of drug-likeness (QED) is 0.498. The average molecular weight is 268 g/mol. The highest BCUT2D eigenvalue weighted by Crippen LogP contribution is 2.28. The maximum Gasteiger partial charge on any atom is 0.134 e. The number of nitrogens with one attached hydrogen (secondary N) is 1. The molecule has 0 amide bonds. The maximum atomic E-state index is 5.70. The number of fused-ring (bicyclic) bond motifs is 1. The van der Waals surface area contributed by atoms with Gasteiger partial charge >= 0.3 is 0 Å². The van der Waals surface area contributed by atoms with Gasteiger partial charge in [0.15, 0.2) is 0 Å². The predicted octanol–water partition coefficient (Wildman–Crippen LogP) is 2.16. The van der Waals surface area contributed by atoms with Crippen LogP contribution in [-0.2, 0) is 6.42 Å². The van der Waals surface area contributed by atoms with Crippen molar-refractivity contribution in [3.63, 3.8) is 0 Å². The zero-order valence-electron chi connectivity index (χ0n) is 10.9. The predicted molar refractivity (Wildman–Crippen MR) is 78.6 cm³/mol. The van der Waals surface area contributed by atoms with E-state index < -0.39 is 0 Å². The van der Waals surface area contributed by atoms with Crippen molar-refractivity contribution < 1.29 is 4.42 Å². The molecule has 0 aliphatic heterocycles. The molecule has 5 heteroatoms. The Morgan fingerprint density at radius 2 is 2.10 bits per heavy atom. The Balaban J connectivity index is 1.93. The van der Waals surface area contributed by atoms with Gasteiger partial charge in [0.25, 0.3) is 0 Å². The second-order valence-electron chi connectivity index (χ2n) is 4.70. The topological polar surface area (TPSA) is 90.1 Å². The molecule has 0 aliphatic carbocycles. The van der Waals surface area contributed by atoms with Gasteiger partial charge in [-0.25, -0.2) is 4.98 Å². The van der Waals surface area contributed by atoms with E-state index in [1.54, 1.807) is 12.5 Å². The lowest BCUT2D eigenvalue weighted by Crippen LogP contribution is -2.29. The lowest BCUT2D eigenvalue weighted by atomic mass is 9.99. The molecule has 2 heterocycles. The maximum absolute atomic E-state index is 5.70. The van der Waals surface area contributed by atoms with Crippen molar-refractivity contribution in [3.8, 4) is 0 Å². The van der Waals surface area contributed by atoms with E-state index in [1.807, 2.05) is 36.4 Å². The standard InChI is InChI=1S/C15H16N4O/c16-15-8-10(5-6-18-15)7-13(19-17)12-9-20-14-4-2-1-3-11(12)14/h1-6,8-9,13,19H,7,17H2,(H2,16,18). The first-order valence-corrected chi connectivity index (χ1v) is 6.40. The van der Waals surface area contributed by atoms with Crippen molar-refractivity contribution in [2.24, 2.45) is 5.84 Å². The third-order valence-corrected chi connectivity index (χ3v) is 3.37. The van der Waals surface area contributed by atoms with Crippen molar-refractivity contribution in [2.45, 2.75) is 12.5 Å². The number of para-hydroxylation sites is 1. The molecule has 0 fully saturated rings. The summed E-state index contributed by atoms with van der Waals surface area (Å²) >= 11 is 0. The number of benzene rings is 1. The fourth-order valence-electron chi connectivity index (χ4n) is 2.38. The van der Waals surface area contributed by atoms with Crippen LogP contribution >= 0.6 is 0 Å². The summed E-state index contributed by atoms with van der Waals surface area (Å²) in [7, 11) is 0. The largest absolute Gasteiger partial charge is 0.464 e. The van der Waals surface area contributed by atoms with E-state index in [0.717, 1.165) is 22.1 Å². The van der Waals surface area contributed by atoms with Crippen LogP contribution in [0.4, 0.5) is 5.82 Å². The number of hydrogen-bond donors (Lipinski definition) is 3. The van der Waals surface area contributed by atoms with Crippen molar-refractivity contribution >= 4 is 16.8 Å². The summed E-state index contributed by atoms with van der Waals surface area (Å²) in [6.45, 7) is 0. The number of aromatic nitrogens is 1. The molecule has 2 aromatic heterocycles. The van der Waals surface area contributed by atoms with Crippen LogP contribution in [0.25, 0.3) is 11.0 Å². The van der Waals surface area contributed by atoms with Gasteiger partial charge in [0, 0.05) is 17.1 Å². The molecular weight excluding hydrogens is 252 g/mol. The molecule has 3 rings (SSSR count). The van der Waals surface area contributed by atoms with E-state index in [0.29, 0.717) is 12.2 Å².